The molecule has 1 rings (SSSR count). The summed E-state index contributed by atoms with van der Waals surface area (Å²) in [6.07, 6.45) is 4.12. The highest BCUT2D eigenvalue weighted by atomic mass is 16.5. The number of hydrogen-bond acceptors (Lipinski definition) is 2. The second-order valence-corrected chi connectivity index (χ2v) is 3.87. The molecule has 0 radical (unpaired) electrons. The van der Waals surface area contributed by atoms with Crippen LogP contribution in [0.2, 0.25) is 0 Å². The van der Waals surface area contributed by atoms with E-state index in [9.17, 15) is 0 Å². The maximum Gasteiger partial charge on any atom is 0.0836 e. The smallest absolute Gasteiger partial charge is 0.0836 e. The maximum absolute atomic E-state index is 8.93. The monoisotopic (exact) mass is 170 g/mol. The van der Waals surface area contributed by atoms with Crippen molar-refractivity contribution in [2.45, 2.75) is 38.4 Å². The average Bonchev–Trinajstić information content (AvgIpc) is 2.48. The molecule has 1 heterocycles. The van der Waals surface area contributed by atoms with Crippen LogP contribution in [0.3, 0.4) is 0 Å². The van der Waals surface area contributed by atoms with Gasteiger partial charge in [-0.3, -0.25) is 0 Å². The Balaban J connectivity index is 2.50. The molecule has 3 atom stereocenters. The van der Waals surface area contributed by atoms with E-state index in [1.54, 1.807) is 0 Å². The zero-order chi connectivity index (χ0) is 9.19. The first kappa shape index (κ1) is 9.75. The fraction of sp³-hybridized carbons (Fsp3) is 0.800. The Hall–Kier alpha value is -0.340. The highest BCUT2D eigenvalue weighted by molar-refractivity contribution is 4.99. The van der Waals surface area contributed by atoms with Gasteiger partial charge in [0.15, 0.2) is 0 Å². The number of hydrogen-bond donors (Lipinski definition) is 1. The van der Waals surface area contributed by atoms with Crippen molar-refractivity contribution in [3.8, 4) is 0 Å². The van der Waals surface area contributed by atoms with Crippen LogP contribution >= 0.6 is 0 Å². The fourth-order valence-corrected chi connectivity index (χ4v) is 1.56. The number of aliphatic hydroxyl groups is 1. The average molecular weight is 170 g/mol. The lowest BCUT2D eigenvalue weighted by molar-refractivity contribution is -0.0305. The van der Waals surface area contributed by atoms with E-state index in [4.69, 9.17) is 9.84 Å². The van der Waals surface area contributed by atoms with Crippen molar-refractivity contribution in [1.29, 1.82) is 0 Å². The van der Waals surface area contributed by atoms with Crippen LogP contribution in [-0.2, 0) is 4.74 Å². The second kappa shape index (κ2) is 3.58. The molecule has 0 amide bonds. The third-order valence-corrected chi connectivity index (χ3v) is 2.70. The molecule has 0 aromatic rings. The van der Waals surface area contributed by atoms with Gasteiger partial charge in [0.1, 0.15) is 0 Å². The van der Waals surface area contributed by atoms with E-state index in [2.05, 4.69) is 6.58 Å². The van der Waals surface area contributed by atoms with Crippen LogP contribution in [0, 0.1) is 5.92 Å². The van der Waals surface area contributed by atoms with Crippen molar-refractivity contribution in [3.63, 3.8) is 0 Å². The number of rotatable bonds is 3. The summed E-state index contributed by atoms with van der Waals surface area (Å²) in [5.74, 6) is 0.242. The maximum atomic E-state index is 8.93. The predicted octanol–water partition coefficient (Wildman–Crippen LogP) is 1.74. The van der Waals surface area contributed by atoms with Crippen molar-refractivity contribution < 1.29 is 9.84 Å². The molecule has 0 bridgehead atoms. The van der Waals surface area contributed by atoms with Crippen molar-refractivity contribution in [2.24, 2.45) is 5.92 Å². The molecule has 1 aliphatic heterocycles. The highest BCUT2D eigenvalue weighted by Crippen LogP contribution is 2.33. The summed E-state index contributed by atoms with van der Waals surface area (Å²) in [6, 6.07) is 0. The molecule has 0 aromatic carbocycles. The van der Waals surface area contributed by atoms with E-state index in [0.717, 1.165) is 12.8 Å². The van der Waals surface area contributed by atoms with Gasteiger partial charge in [-0.2, -0.15) is 0 Å². The summed E-state index contributed by atoms with van der Waals surface area (Å²) < 4.78 is 5.77. The molecule has 1 saturated heterocycles. The first-order valence-electron chi connectivity index (χ1n) is 4.53. The molecule has 70 valence electrons. The van der Waals surface area contributed by atoms with E-state index in [0.29, 0.717) is 0 Å². The Morgan fingerprint density at radius 2 is 2.50 bits per heavy atom. The van der Waals surface area contributed by atoms with Crippen LogP contribution in [-0.4, -0.2) is 23.4 Å². The minimum absolute atomic E-state index is 0.159. The van der Waals surface area contributed by atoms with Crippen LogP contribution in [0.1, 0.15) is 26.7 Å². The van der Waals surface area contributed by atoms with Gasteiger partial charge in [0, 0.05) is 12.5 Å². The molecular weight excluding hydrogens is 152 g/mol. The van der Waals surface area contributed by atoms with E-state index in [-0.39, 0.29) is 24.2 Å². The third kappa shape index (κ3) is 1.87. The summed E-state index contributed by atoms with van der Waals surface area (Å²) in [7, 11) is 0. The number of ether oxygens (including phenoxy) is 1. The topological polar surface area (TPSA) is 29.5 Å². The predicted molar refractivity (Wildman–Crippen MR) is 49.0 cm³/mol. The van der Waals surface area contributed by atoms with Crippen LogP contribution in [0.5, 0.6) is 0 Å². The summed E-state index contributed by atoms with van der Waals surface area (Å²) >= 11 is 0. The summed E-state index contributed by atoms with van der Waals surface area (Å²) in [4.78, 5) is 0. The molecule has 0 aliphatic carbocycles. The molecule has 0 spiro atoms. The van der Waals surface area contributed by atoms with E-state index in [1.165, 1.54) is 0 Å². The minimum Gasteiger partial charge on any atom is -0.396 e. The van der Waals surface area contributed by atoms with Gasteiger partial charge < -0.3 is 9.84 Å². The van der Waals surface area contributed by atoms with Gasteiger partial charge in [0.05, 0.1) is 11.7 Å². The van der Waals surface area contributed by atoms with Gasteiger partial charge in [-0.05, 0) is 19.8 Å². The fourth-order valence-electron chi connectivity index (χ4n) is 1.56. The van der Waals surface area contributed by atoms with E-state index < -0.39 is 0 Å². The molecule has 1 N–H and O–H groups in total. The highest BCUT2D eigenvalue weighted by Gasteiger charge is 2.35. The van der Waals surface area contributed by atoms with E-state index in [1.807, 2.05) is 19.9 Å². The summed E-state index contributed by atoms with van der Waals surface area (Å²) in [5, 5.41) is 8.93. The molecule has 0 saturated carbocycles. The molecule has 0 unspecified atom stereocenters. The quantitative estimate of drug-likeness (QED) is 0.654. The normalized spacial score (nSPS) is 38.1. The van der Waals surface area contributed by atoms with Crippen molar-refractivity contribution >= 4 is 0 Å². The van der Waals surface area contributed by atoms with Gasteiger partial charge >= 0.3 is 0 Å². The van der Waals surface area contributed by atoms with Gasteiger partial charge in [-0.15, -0.1) is 6.58 Å². The SMILES string of the molecule is C=C[C@]1(C)CC[C@H]([C@H](C)CO)O1. The zero-order valence-corrected chi connectivity index (χ0v) is 7.92. The van der Waals surface area contributed by atoms with Crippen LogP contribution in [0.25, 0.3) is 0 Å². The Labute approximate surface area is 74.2 Å². The van der Waals surface area contributed by atoms with Gasteiger partial charge in [0.25, 0.3) is 0 Å². The minimum atomic E-state index is -0.159. The molecular formula is C10H18O2. The van der Waals surface area contributed by atoms with Crippen molar-refractivity contribution in [3.05, 3.63) is 12.7 Å². The molecule has 1 fully saturated rings. The Kier molecular flexibility index (Phi) is 2.91. The van der Waals surface area contributed by atoms with Gasteiger partial charge in [-0.1, -0.05) is 13.0 Å². The molecule has 2 heteroatoms. The Morgan fingerprint density at radius 3 is 2.92 bits per heavy atom. The first-order chi connectivity index (χ1) is 5.61. The summed E-state index contributed by atoms with van der Waals surface area (Å²) in [5.41, 5.74) is -0.159. The largest absolute Gasteiger partial charge is 0.396 e. The zero-order valence-electron chi connectivity index (χ0n) is 7.92. The Bertz CT molecular complexity index is 167. The summed E-state index contributed by atoms with van der Waals surface area (Å²) in [6.45, 7) is 8.01. The van der Waals surface area contributed by atoms with Crippen molar-refractivity contribution in [2.75, 3.05) is 6.61 Å². The molecule has 12 heavy (non-hydrogen) atoms. The molecule has 2 nitrogen and oxygen atoms in total. The van der Waals surface area contributed by atoms with Gasteiger partial charge in [-0.25, -0.2) is 0 Å². The van der Waals surface area contributed by atoms with Crippen LogP contribution in [0.15, 0.2) is 12.7 Å². The lowest BCUT2D eigenvalue weighted by atomic mass is 9.99. The van der Waals surface area contributed by atoms with Gasteiger partial charge in [0.2, 0.25) is 0 Å². The third-order valence-electron chi connectivity index (χ3n) is 2.70. The first-order valence-corrected chi connectivity index (χ1v) is 4.53. The molecule has 0 aromatic heterocycles. The molecule has 1 aliphatic rings. The van der Waals surface area contributed by atoms with Crippen molar-refractivity contribution in [1.82, 2.24) is 0 Å². The lowest BCUT2D eigenvalue weighted by Gasteiger charge is -2.23. The van der Waals surface area contributed by atoms with E-state index >= 15 is 0 Å². The standard InChI is InChI=1S/C10H18O2/c1-4-10(3)6-5-9(12-10)8(2)7-11/h4,8-9,11H,1,5-7H2,2-3H3/t8-,9-,10-/m1/s1. The lowest BCUT2D eigenvalue weighted by Crippen LogP contribution is -2.26. The Morgan fingerprint density at radius 1 is 1.83 bits per heavy atom. The second-order valence-electron chi connectivity index (χ2n) is 3.87. The van der Waals surface area contributed by atoms with Crippen LogP contribution < -0.4 is 0 Å². The van der Waals surface area contributed by atoms with Crippen LogP contribution in [0.4, 0.5) is 0 Å². The number of aliphatic hydroxyl groups excluding tert-OH is 1.